The first-order chi connectivity index (χ1) is 18.4. The number of benzene rings is 3. The summed E-state index contributed by atoms with van der Waals surface area (Å²) in [7, 11) is 1.59. The van der Waals surface area contributed by atoms with Gasteiger partial charge in [-0.15, -0.1) is 0 Å². The summed E-state index contributed by atoms with van der Waals surface area (Å²) in [4.78, 5) is 28.6. The van der Waals surface area contributed by atoms with Crippen molar-refractivity contribution in [2.45, 2.75) is 65.6 Å². The van der Waals surface area contributed by atoms with E-state index < -0.39 is 17.7 Å². The molecule has 1 atom stereocenters. The van der Waals surface area contributed by atoms with Gasteiger partial charge in [0.15, 0.2) is 0 Å². The lowest BCUT2D eigenvalue weighted by atomic mass is 9.84. The van der Waals surface area contributed by atoms with Crippen molar-refractivity contribution in [1.82, 2.24) is 4.90 Å². The summed E-state index contributed by atoms with van der Waals surface area (Å²) in [6.07, 6.45) is -0.0475. The van der Waals surface area contributed by atoms with Crippen LogP contribution in [-0.4, -0.2) is 34.9 Å². The third-order valence-corrected chi connectivity index (χ3v) is 6.96. The van der Waals surface area contributed by atoms with Crippen molar-refractivity contribution >= 4 is 17.4 Å². The minimum atomic E-state index is -0.791. The Morgan fingerprint density at radius 2 is 1.67 bits per heavy atom. The molecule has 1 fully saturated rings. The van der Waals surface area contributed by atoms with Crippen LogP contribution >= 0.6 is 0 Å². The average Bonchev–Trinajstić information content (AvgIpc) is 3.13. The van der Waals surface area contributed by atoms with Crippen LogP contribution in [0.15, 0.2) is 72.3 Å². The van der Waals surface area contributed by atoms with Crippen molar-refractivity contribution in [1.29, 1.82) is 0 Å². The number of hydrogen-bond acceptors (Lipinski definition) is 5. The van der Waals surface area contributed by atoms with E-state index in [2.05, 4.69) is 20.8 Å². The molecule has 0 aromatic heterocycles. The lowest BCUT2D eigenvalue weighted by Crippen LogP contribution is -2.29. The third kappa shape index (κ3) is 5.85. The highest BCUT2D eigenvalue weighted by atomic mass is 16.5. The van der Waals surface area contributed by atoms with E-state index in [-0.39, 0.29) is 29.4 Å². The van der Waals surface area contributed by atoms with E-state index in [4.69, 9.17) is 9.47 Å². The zero-order valence-corrected chi connectivity index (χ0v) is 23.7. The molecular formula is C33H37NO5. The van der Waals surface area contributed by atoms with Crippen LogP contribution in [0.25, 0.3) is 5.76 Å². The number of ether oxygens (including phenoxy) is 2. The molecule has 1 unspecified atom stereocenters. The van der Waals surface area contributed by atoms with E-state index in [1.807, 2.05) is 87.5 Å². The standard InChI is InChI=1S/C33H37NO5/c1-20(2)39-26-10-8-9-23(17-26)29-28(30(35)27-18-24(33(4,5)6)14-11-21(27)3)31(36)32(37)34(29)19-22-12-15-25(38-7)16-13-22/h8-18,20,29,35H,19H2,1-7H3/b30-28+. The van der Waals surface area contributed by atoms with Crippen molar-refractivity contribution in [2.75, 3.05) is 7.11 Å². The van der Waals surface area contributed by atoms with Gasteiger partial charge >= 0.3 is 0 Å². The van der Waals surface area contributed by atoms with Gasteiger partial charge in [-0.25, -0.2) is 0 Å². The fourth-order valence-corrected chi connectivity index (χ4v) is 4.84. The Morgan fingerprint density at radius 3 is 2.28 bits per heavy atom. The Bertz CT molecular complexity index is 1410. The number of carbonyl (C=O) groups is 2. The number of likely N-dealkylation sites (tertiary alicyclic amines) is 1. The predicted molar refractivity (Wildman–Crippen MR) is 153 cm³/mol. The fraction of sp³-hybridized carbons (Fsp3) is 0.333. The first-order valence-electron chi connectivity index (χ1n) is 13.2. The Hall–Kier alpha value is -4.06. The molecule has 1 saturated heterocycles. The number of aliphatic hydroxyl groups excluding tert-OH is 1. The second-order valence-electron chi connectivity index (χ2n) is 11.3. The second-order valence-corrected chi connectivity index (χ2v) is 11.3. The fourth-order valence-electron chi connectivity index (χ4n) is 4.84. The molecule has 0 radical (unpaired) electrons. The molecule has 3 aromatic carbocycles. The molecule has 1 amide bonds. The maximum absolute atomic E-state index is 13.6. The van der Waals surface area contributed by atoms with E-state index >= 15 is 0 Å². The van der Waals surface area contributed by atoms with E-state index in [1.54, 1.807) is 7.11 Å². The Balaban J connectivity index is 1.89. The van der Waals surface area contributed by atoms with Gasteiger partial charge in [0, 0.05) is 12.1 Å². The zero-order valence-electron chi connectivity index (χ0n) is 23.7. The molecule has 39 heavy (non-hydrogen) atoms. The summed E-state index contributed by atoms with van der Waals surface area (Å²) in [6, 6.07) is 19.8. The molecule has 0 spiro atoms. The van der Waals surface area contributed by atoms with Gasteiger partial charge in [-0.1, -0.05) is 57.2 Å². The van der Waals surface area contributed by atoms with Gasteiger partial charge in [0.2, 0.25) is 0 Å². The number of rotatable bonds is 7. The molecule has 4 rings (SSSR count). The van der Waals surface area contributed by atoms with Crippen LogP contribution in [0.2, 0.25) is 0 Å². The second kappa shape index (κ2) is 11.0. The number of aliphatic hydroxyl groups is 1. The van der Waals surface area contributed by atoms with Crippen molar-refractivity contribution < 1.29 is 24.2 Å². The van der Waals surface area contributed by atoms with Crippen molar-refractivity contribution in [3.8, 4) is 11.5 Å². The number of aryl methyl sites for hydroxylation is 1. The highest BCUT2D eigenvalue weighted by Crippen LogP contribution is 2.42. The van der Waals surface area contributed by atoms with Gasteiger partial charge in [-0.05, 0) is 78.8 Å². The summed E-state index contributed by atoms with van der Waals surface area (Å²) in [6.45, 7) is 12.2. The minimum Gasteiger partial charge on any atom is -0.507 e. The third-order valence-electron chi connectivity index (χ3n) is 6.96. The first-order valence-corrected chi connectivity index (χ1v) is 13.2. The molecule has 3 aromatic rings. The number of methoxy groups -OCH3 is 1. The van der Waals surface area contributed by atoms with E-state index in [9.17, 15) is 14.7 Å². The van der Waals surface area contributed by atoms with Crippen LogP contribution in [0.1, 0.15) is 68.5 Å². The monoisotopic (exact) mass is 527 g/mol. The molecule has 6 heteroatoms. The topological polar surface area (TPSA) is 76.1 Å². The lowest BCUT2D eigenvalue weighted by molar-refractivity contribution is -0.140. The molecule has 0 bridgehead atoms. The summed E-state index contributed by atoms with van der Waals surface area (Å²) in [5.41, 5.74) is 3.82. The van der Waals surface area contributed by atoms with Gasteiger partial charge in [0.05, 0.1) is 24.8 Å². The van der Waals surface area contributed by atoms with E-state index in [0.717, 1.165) is 16.7 Å². The largest absolute Gasteiger partial charge is 0.507 e. The van der Waals surface area contributed by atoms with Crippen molar-refractivity contribution in [3.63, 3.8) is 0 Å². The van der Waals surface area contributed by atoms with Crippen LogP contribution < -0.4 is 9.47 Å². The predicted octanol–water partition coefficient (Wildman–Crippen LogP) is 6.71. The molecule has 1 N–H and O–H groups in total. The Labute approximate surface area is 230 Å². The molecule has 0 saturated carbocycles. The summed E-state index contributed by atoms with van der Waals surface area (Å²) in [5.74, 6) is -0.207. The van der Waals surface area contributed by atoms with E-state index in [0.29, 0.717) is 22.6 Å². The normalized spacial score (nSPS) is 17.1. The average molecular weight is 528 g/mol. The van der Waals surface area contributed by atoms with Crippen LogP contribution in [0.3, 0.4) is 0 Å². The highest BCUT2D eigenvalue weighted by molar-refractivity contribution is 6.46. The molecule has 1 aliphatic heterocycles. The number of Topliss-reactive ketones (excluding diaryl/α,β-unsaturated/α-hetero) is 1. The molecule has 6 nitrogen and oxygen atoms in total. The molecule has 204 valence electrons. The van der Waals surface area contributed by atoms with Gasteiger partial charge in [-0.2, -0.15) is 0 Å². The van der Waals surface area contributed by atoms with Gasteiger partial charge < -0.3 is 19.5 Å². The maximum atomic E-state index is 13.6. The van der Waals surface area contributed by atoms with Crippen molar-refractivity contribution in [2.24, 2.45) is 0 Å². The van der Waals surface area contributed by atoms with Crippen LogP contribution in [0.4, 0.5) is 0 Å². The number of nitrogens with zero attached hydrogens (tertiary/aromatic N) is 1. The molecular weight excluding hydrogens is 490 g/mol. The number of carbonyl (C=O) groups excluding carboxylic acids is 2. The first kappa shape index (κ1) is 28.0. The zero-order chi connectivity index (χ0) is 28.5. The molecule has 1 heterocycles. The Kier molecular flexibility index (Phi) is 7.86. The quantitative estimate of drug-likeness (QED) is 0.210. The van der Waals surface area contributed by atoms with Crippen LogP contribution in [-0.2, 0) is 21.5 Å². The van der Waals surface area contributed by atoms with Gasteiger partial charge in [-0.3, -0.25) is 9.59 Å². The summed E-state index contributed by atoms with van der Waals surface area (Å²) < 4.78 is 11.2. The Morgan fingerprint density at radius 1 is 0.974 bits per heavy atom. The molecule has 0 aliphatic carbocycles. The number of hydrogen-bond donors (Lipinski definition) is 1. The minimum absolute atomic E-state index is 0.0475. The lowest BCUT2D eigenvalue weighted by Gasteiger charge is -2.26. The summed E-state index contributed by atoms with van der Waals surface area (Å²) in [5, 5.41) is 11.7. The summed E-state index contributed by atoms with van der Waals surface area (Å²) >= 11 is 0. The smallest absolute Gasteiger partial charge is 0.295 e. The van der Waals surface area contributed by atoms with E-state index in [1.165, 1.54) is 4.90 Å². The maximum Gasteiger partial charge on any atom is 0.295 e. The highest BCUT2D eigenvalue weighted by Gasteiger charge is 2.46. The van der Waals surface area contributed by atoms with Crippen LogP contribution in [0, 0.1) is 6.92 Å². The molecule has 1 aliphatic rings. The number of ketones is 1. The number of amides is 1. The van der Waals surface area contributed by atoms with Gasteiger partial charge in [0.1, 0.15) is 17.3 Å². The van der Waals surface area contributed by atoms with Gasteiger partial charge in [0.25, 0.3) is 11.7 Å². The van der Waals surface area contributed by atoms with Crippen LogP contribution in [0.5, 0.6) is 11.5 Å². The SMILES string of the molecule is COc1ccc(CN2C(=O)C(=O)/C(=C(/O)c3cc(C(C)(C)C)ccc3C)C2c2cccc(OC(C)C)c2)cc1. The van der Waals surface area contributed by atoms with Crippen molar-refractivity contribution in [3.05, 3.63) is 100 Å².